The van der Waals surface area contributed by atoms with Crippen molar-refractivity contribution in [3.63, 3.8) is 0 Å². The van der Waals surface area contributed by atoms with Crippen LogP contribution in [0.2, 0.25) is 0 Å². The molecule has 0 aromatic rings. The molecule has 0 unspecified atom stereocenters. The summed E-state index contributed by atoms with van der Waals surface area (Å²) in [6.07, 6.45) is 12.9. The van der Waals surface area contributed by atoms with E-state index in [9.17, 15) is 43.8 Å². The van der Waals surface area contributed by atoms with E-state index in [1.165, 1.54) is 19.3 Å². The highest BCUT2D eigenvalue weighted by Crippen LogP contribution is 2.17. The Kier molecular flexibility index (Phi) is 29.4. The summed E-state index contributed by atoms with van der Waals surface area (Å²) in [4.78, 5) is 81.6. The van der Waals surface area contributed by atoms with Crippen molar-refractivity contribution in [2.45, 2.75) is 135 Å². The molecular weight excluding hydrogens is 652 g/mol. The SMILES string of the molecule is CCNC(=O)CC[C@H](CC(=O)COCCOCCNC(=O)CC[C@H](CC(=O)CCCCCCCCCCCCCCC(=O)O)C(=O)O)C(=O)O. The zero-order valence-electron chi connectivity index (χ0n) is 30.1. The number of ether oxygens (including phenoxy) is 2. The number of hydrogen-bond donors (Lipinski definition) is 5. The van der Waals surface area contributed by atoms with Crippen molar-refractivity contribution in [2.75, 3.05) is 39.5 Å². The molecule has 288 valence electrons. The van der Waals surface area contributed by atoms with Gasteiger partial charge in [0.1, 0.15) is 12.4 Å². The van der Waals surface area contributed by atoms with Crippen LogP contribution in [0.5, 0.6) is 0 Å². The van der Waals surface area contributed by atoms with Crippen molar-refractivity contribution in [3.8, 4) is 0 Å². The second-order valence-corrected chi connectivity index (χ2v) is 12.7. The first-order valence-corrected chi connectivity index (χ1v) is 18.4. The van der Waals surface area contributed by atoms with E-state index in [-0.39, 0.29) is 95.5 Å². The minimum absolute atomic E-state index is 0.0226. The van der Waals surface area contributed by atoms with Crippen LogP contribution < -0.4 is 10.6 Å². The quantitative estimate of drug-likeness (QED) is 0.0558. The largest absolute Gasteiger partial charge is 0.481 e. The van der Waals surface area contributed by atoms with Crippen LogP contribution in [0.15, 0.2) is 0 Å². The molecule has 2 atom stereocenters. The van der Waals surface area contributed by atoms with Crippen LogP contribution in [0.1, 0.15) is 135 Å². The molecule has 0 aliphatic rings. The van der Waals surface area contributed by atoms with Crippen LogP contribution in [0, 0.1) is 11.8 Å². The van der Waals surface area contributed by atoms with Crippen LogP contribution in [0.3, 0.4) is 0 Å². The molecule has 14 heteroatoms. The Bertz CT molecular complexity index is 1000. The van der Waals surface area contributed by atoms with Gasteiger partial charge >= 0.3 is 17.9 Å². The Labute approximate surface area is 296 Å². The molecule has 0 heterocycles. The van der Waals surface area contributed by atoms with Crippen LogP contribution >= 0.6 is 0 Å². The number of amides is 2. The molecule has 0 spiro atoms. The fraction of sp³-hybridized carbons (Fsp3) is 0.806. The van der Waals surface area contributed by atoms with Crippen molar-refractivity contribution in [1.82, 2.24) is 10.6 Å². The van der Waals surface area contributed by atoms with E-state index in [1.807, 2.05) is 0 Å². The molecular formula is C36H62N2O12. The van der Waals surface area contributed by atoms with E-state index in [0.29, 0.717) is 13.0 Å². The van der Waals surface area contributed by atoms with Gasteiger partial charge in [-0.3, -0.25) is 33.6 Å². The number of hydrogen-bond acceptors (Lipinski definition) is 9. The number of Topliss-reactive ketones (excluding diaryl/α,β-unsaturated/α-hetero) is 2. The molecule has 50 heavy (non-hydrogen) atoms. The van der Waals surface area contributed by atoms with E-state index < -0.39 is 35.5 Å². The van der Waals surface area contributed by atoms with E-state index in [4.69, 9.17) is 14.6 Å². The highest BCUT2D eigenvalue weighted by Gasteiger charge is 2.23. The van der Waals surface area contributed by atoms with Gasteiger partial charge in [-0.1, -0.05) is 64.2 Å². The Hall–Kier alpha value is -3.39. The molecule has 0 saturated carbocycles. The Morgan fingerprint density at radius 1 is 0.520 bits per heavy atom. The van der Waals surface area contributed by atoms with Crippen molar-refractivity contribution >= 4 is 41.3 Å². The zero-order chi connectivity index (χ0) is 37.4. The highest BCUT2D eigenvalue weighted by atomic mass is 16.5. The fourth-order valence-corrected chi connectivity index (χ4v) is 5.36. The average Bonchev–Trinajstić information content (AvgIpc) is 3.05. The maximum atomic E-state index is 12.4. The van der Waals surface area contributed by atoms with Gasteiger partial charge in [-0.15, -0.1) is 0 Å². The van der Waals surface area contributed by atoms with Gasteiger partial charge in [0.2, 0.25) is 11.8 Å². The van der Waals surface area contributed by atoms with Crippen LogP contribution in [0.4, 0.5) is 0 Å². The van der Waals surface area contributed by atoms with Gasteiger partial charge in [-0.05, 0) is 32.6 Å². The lowest BCUT2D eigenvalue weighted by Crippen LogP contribution is -2.29. The number of carbonyl (C=O) groups is 7. The summed E-state index contributed by atoms with van der Waals surface area (Å²) in [5.41, 5.74) is 0. The third-order valence-corrected chi connectivity index (χ3v) is 8.26. The van der Waals surface area contributed by atoms with Gasteiger partial charge < -0.3 is 35.4 Å². The van der Waals surface area contributed by atoms with Crippen molar-refractivity contribution in [3.05, 3.63) is 0 Å². The Balaban J connectivity index is 3.87. The molecule has 0 aromatic carbocycles. The van der Waals surface area contributed by atoms with Crippen LogP contribution in [0.25, 0.3) is 0 Å². The molecule has 0 aliphatic carbocycles. The fourth-order valence-electron chi connectivity index (χ4n) is 5.36. The summed E-state index contributed by atoms with van der Waals surface area (Å²) in [7, 11) is 0. The van der Waals surface area contributed by atoms with E-state index >= 15 is 0 Å². The first kappa shape index (κ1) is 46.6. The number of rotatable bonds is 36. The van der Waals surface area contributed by atoms with Gasteiger partial charge in [-0.2, -0.15) is 0 Å². The average molecular weight is 715 g/mol. The molecule has 0 rings (SSSR count). The lowest BCUT2D eigenvalue weighted by atomic mass is 9.94. The molecule has 0 saturated heterocycles. The van der Waals surface area contributed by atoms with Crippen molar-refractivity contribution < 1.29 is 58.4 Å². The number of aliphatic carboxylic acids is 3. The summed E-state index contributed by atoms with van der Waals surface area (Å²) < 4.78 is 10.6. The van der Waals surface area contributed by atoms with Gasteiger partial charge in [0.15, 0.2) is 5.78 Å². The molecule has 0 radical (unpaired) electrons. The number of carboxylic acid groups (broad SMARTS) is 3. The van der Waals surface area contributed by atoms with Gasteiger partial charge in [-0.25, -0.2) is 0 Å². The lowest BCUT2D eigenvalue weighted by molar-refractivity contribution is -0.145. The molecule has 0 aliphatic heterocycles. The third kappa shape index (κ3) is 29.5. The zero-order valence-corrected chi connectivity index (χ0v) is 30.1. The Morgan fingerprint density at radius 3 is 1.44 bits per heavy atom. The molecule has 0 bridgehead atoms. The minimum Gasteiger partial charge on any atom is -0.481 e. The maximum absolute atomic E-state index is 12.4. The first-order valence-electron chi connectivity index (χ1n) is 18.4. The number of ketones is 2. The topological polar surface area (TPSA) is 223 Å². The lowest BCUT2D eigenvalue weighted by Gasteiger charge is -2.12. The molecule has 5 N–H and O–H groups in total. The van der Waals surface area contributed by atoms with Gasteiger partial charge in [0.25, 0.3) is 0 Å². The minimum atomic E-state index is -1.14. The summed E-state index contributed by atoms with van der Waals surface area (Å²) in [6, 6.07) is 0. The molecule has 2 amide bonds. The van der Waals surface area contributed by atoms with E-state index in [2.05, 4.69) is 10.6 Å². The number of carbonyl (C=O) groups excluding carboxylic acids is 4. The standard InChI is InChI=1S/C36H62N2O12/c1-2-37-32(41)19-17-29(36(47)48)26-31(40)27-50-24-23-49-22-21-38-33(42)20-18-28(35(45)46)25-30(39)15-13-11-9-7-5-3-4-6-8-10-12-14-16-34(43)44/h28-29H,2-27H2,1H3,(H,37,41)(H,38,42)(H,43,44)(H,45,46)(H,47,48)/t28-,29-/m1/s1. The maximum Gasteiger partial charge on any atom is 0.306 e. The Morgan fingerprint density at radius 2 is 0.960 bits per heavy atom. The van der Waals surface area contributed by atoms with Crippen LogP contribution in [-0.2, 0) is 43.0 Å². The third-order valence-electron chi connectivity index (χ3n) is 8.26. The summed E-state index contributed by atoms with van der Waals surface area (Å²) in [5, 5.41) is 32.7. The summed E-state index contributed by atoms with van der Waals surface area (Å²) in [5.74, 6) is -5.93. The highest BCUT2D eigenvalue weighted by molar-refractivity contribution is 5.85. The number of carboxylic acids is 3. The summed E-state index contributed by atoms with van der Waals surface area (Å²) in [6.45, 7) is 2.52. The van der Waals surface area contributed by atoms with E-state index in [1.54, 1.807) is 6.92 Å². The monoisotopic (exact) mass is 714 g/mol. The second-order valence-electron chi connectivity index (χ2n) is 12.7. The summed E-state index contributed by atoms with van der Waals surface area (Å²) >= 11 is 0. The molecule has 14 nitrogen and oxygen atoms in total. The smallest absolute Gasteiger partial charge is 0.306 e. The molecule has 0 aromatic heterocycles. The second kappa shape index (κ2) is 31.6. The number of unbranched alkanes of at least 4 members (excludes halogenated alkanes) is 11. The van der Waals surface area contributed by atoms with Crippen LogP contribution in [-0.4, -0.2) is 96.1 Å². The predicted molar refractivity (Wildman–Crippen MR) is 186 cm³/mol. The number of nitrogens with one attached hydrogen (secondary N) is 2. The molecule has 0 fully saturated rings. The van der Waals surface area contributed by atoms with E-state index in [0.717, 1.165) is 57.8 Å². The van der Waals surface area contributed by atoms with Gasteiger partial charge in [0, 0.05) is 51.6 Å². The van der Waals surface area contributed by atoms with Crippen molar-refractivity contribution in [2.24, 2.45) is 11.8 Å². The van der Waals surface area contributed by atoms with Crippen molar-refractivity contribution in [1.29, 1.82) is 0 Å². The first-order chi connectivity index (χ1) is 24.0. The predicted octanol–water partition coefficient (Wildman–Crippen LogP) is 4.70. The van der Waals surface area contributed by atoms with Gasteiger partial charge in [0.05, 0.1) is 31.7 Å². The normalized spacial score (nSPS) is 12.2.